The molecule has 2 aliphatic carbocycles. The Labute approximate surface area is 114 Å². The highest BCUT2D eigenvalue weighted by Gasteiger charge is 2.52. The minimum Gasteiger partial charge on any atom is -0.481 e. The maximum absolute atomic E-state index is 12.2. The highest BCUT2D eigenvalue weighted by Crippen LogP contribution is 2.48. The van der Waals surface area contributed by atoms with Crippen LogP contribution in [0.15, 0.2) is 12.2 Å². The highest BCUT2D eigenvalue weighted by atomic mass is 19.4. The second kappa shape index (κ2) is 5.10. The first-order chi connectivity index (χ1) is 9.20. The summed E-state index contributed by atoms with van der Waals surface area (Å²) in [6.45, 7) is -0.438. The first-order valence-corrected chi connectivity index (χ1v) is 6.43. The Kier molecular flexibility index (Phi) is 3.80. The second-order valence-electron chi connectivity index (χ2n) is 5.46. The molecule has 0 saturated heterocycles. The molecule has 2 aliphatic rings. The lowest BCUT2D eigenvalue weighted by Gasteiger charge is -2.28. The number of carbonyl (C=O) groups is 2. The van der Waals surface area contributed by atoms with Crippen LogP contribution in [0.4, 0.5) is 13.2 Å². The van der Waals surface area contributed by atoms with Crippen LogP contribution in [-0.4, -0.2) is 41.7 Å². The summed E-state index contributed by atoms with van der Waals surface area (Å²) >= 11 is 0. The van der Waals surface area contributed by atoms with Crippen molar-refractivity contribution in [1.82, 2.24) is 4.90 Å². The zero-order valence-electron chi connectivity index (χ0n) is 10.9. The molecule has 4 atom stereocenters. The number of hydrogen-bond donors (Lipinski definition) is 1. The SMILES string of the molecule is CN(CCC(F)(F)F)C(=O)C1C2C=CC(C2)C1C(=O)O. The molecule has 0 aromatic heterocycles. The van der Waals surface area contributed by atoms with E-state index in [1.54, 1.807) is 6.08 Å². The summed E-state index contributed by atoms with van der Waals surface area (Å²) in [5.41, 5.74) is 0. The normalized spacial score (nSPS) is 31.6. The molecule has 0 aliphatic heterocycles. The zero-order valence-corrected chi connectivity index (χ0v) is 10.9. The molecule has 112 valence electrons. The number of carbonyl (C=O) groups excluding carboxylic acids is 1. The van der Waals surface area contributed by atoms with Crippen LogP contribution in [0.2, 0.25) is 0 Å². The molecule has 2 bridgehead atoms. The minimum atomic E-state index is -4.32. The fraction of sp³-hybridized carbons (Fsp3) is 0.692. The van der Waals surface area contributed by atoms with Gasteiger partial charge in [0.05, 0.1) is 18.3 Å². The Bertz CT molecular complexity index is 447. The minimum absolute atomic E-state index is 0.165. The van der Waals surface area contributed by atoms with E-state index in [1.807, 2.05) is 6.08 Å². The average Bonchev–Trinajstić information content (AvgIpc) is 2.93. The number of rotatable bonds is 4. The maximum Gasteiger partial charge on any atom is 0.390 e. The number of hydrogen-bond acceptors (Lipinski definition) is 2. The van der Waals surface area contributed by atoms with Crippen LogP contribution < -0.4 is 0 Å². The highest BCUT2D eigenvalue weighted by molar-refractivity contribution is 5.86. The average molecular weight is 291 g/mol. The molecule has 0 heterocycles. The van der Waals surface area contributed by atoms with Crippen molar-refractivity contribution in [2.45, 2.75) is 19.0 Å². The summed E-state index contributed by atoms with van der Waals surface area (Å²) in [4.78, 5) is 24.5. The number of allylic oxidation sites excluding steroid dienone is 2. The molecule has 1 amide bonds. The Morgan fingerprint density at radius 2 is 1.80 bits per heavy atom. The summed E-state index contributed by atoms with van der Waals surface area (Å²) in [6, 6.07) is 0. The van der Waals surface area contributed by atoms with Gasteiger partial charge in [-0.25, -0.2) is 0 Å². The summed E-state index contributed by atoms with van der Waals surface area (Å²) in [5, 5.41) is 9.21. The van der Waals surface area contributed by atoms with Crippen molar-refractivity contribution in [3.63, 3.8) is 0 Å². The first-order valence-electron chi connectivity index (χ1n) is 6.43. The van der Waals surface area contributed by atoms with Crippen LogP contribution in [0.3, 0.4) is 0 Å². The smallest absolute Gasteiger partial charge is 0.390 e. The molecule has 1 saturated carbocycles. The Balaban J connectivity index is 2.04. The molecule has 4 unspecified atom stereocenters. The van der Waals surface area contributed by atoms with Gasteiger partial charge < -0.3 is 10.0 Å². The van der Waals surface area contributed by atoms with Crippen molar-refractivity contribution < 1.29 is 27.9 Å². The van der Waals surface area contributed by atoms with Crippen LogP contribution in [0, 0.1) is 23.7 Å². The summed E-state index contributed by atoms with van der Waals surface area (Å²) in [7, 11) is 1.29. The van der Waals surface area contributed by atoms with E-state index in [-0.39, 0.29) is 11.8 Å². The number of nitrogens with zero attached hydrogens (tertiary/aromatic N) is 1. The number of carboxylic acids is 1. The Hall–Kier alpha value is -1.53. The van der Waals surface area contributed by atoms with E-state index in [4.69, 9.17) is 0 Å². The van der Waals surface area contributed by atoms with E-state index >= 15 is 0 Å². The van der Waals surface area contributed by atoms with Crippen molar-refractivity contribution in [3.8, 4) is 0 Å². The molecule has 1 N–H and O–H groups in total. The van der Waals surface area contributed by atoms with Crippen LogP contribution in [0.5, 0.6) is 0 Å². The molecule has 4 nitrogen and oxygen atoms in total. The maximum atomic E-state index is 12.2. The lowest BCUT2D eigenvalue weighted by atomic mass is 9.82. The van der Waals surface area contributed by atoms with Crippen molar-refractivity contribution in [2.75, 3.05) is 13.6 Å². The van der Waals surface area contributed by atoms with Gasteiger partial charge in [-0.2, -0.15) is 13.2 Å². The first kappa shape index (κ1) is 14.9. The van der Waals surface area contributed by atoms with E-state index < -0.39 is 42.9 Å². The third-order valence-electron chi connectivity index (χ3n) is 4.14. The molecule has 0 aromatic carbocycles. The number of halogens is 3. The molecule has 20 heavy (non-hydrogen) atoms. The molecule has 0 aromatic rings. The third-order valence-corrected chi connectivity index (χ3v) is 4.14. The van der Waals surface area contributed by atoms with Crippen LogP contribution in [-0.2, 0) is 9.59 Å². The van der Waals surface area contributed by atoms with Gasteiger partial charge >= 0.3 is 12.1 Å². The van der Waals surface area contributed by atoms with Gasteiger partial charge in [-0.3, -0.25) is 9.59 Å². The molecule has 7 heteroatoms. The molecule has 2 rings (SSSR count). The van der Waals surface area contributed by atoms with Crippen molar-refractivity contribution in [3.05, 3.63) is 12.2 Å². The van der Waals surface area contributed by atoms with E-state index in [0.717, 1.165) is 4.90 Å². The largest absolute Gasteiger partial charge is 0.481 e. The van der Waals surface area contributed by atoms with Crippen LogP contribution in [0.25, 0.3) is 0 Å². The quantitative estimate of drug-likeness (QED) is 0.805. The monoisotopic (exact) mass is 291 g/mol. The van der Waals surface area contributed by atoms with Crippen molar-refractivity contribution >= 4 is 11.9 Å². The fourth-order valence-corrected chi connectivity index (χ4v) is 3.15. The standard InChI is InChI=1S/C13H16F3NO3/c1-17(5-4-13(14,15)16)11(18)9-7-2-3-8(6-7)10(9)12(19)20/h2-3,7-10H,4-6H2,1H3,(H,19,20). The van der Waals surface area contributed by atoms with Crippen LogP contribution >= 0.6 is 0 Å². The molecular formula is C13H16F3NO3. The summed E-state index contributed by atoms with van der Waals surface area (Å²) in [5.74, 6) is -3.45. The van der Waals surface area contributed by atoms with E-state index in [0.29, 0.717) is 6.42 Å². The predicted octanol–water partition coefficient (Wildman–Crippen LogP) is 1.92. The number of amides is 1. The third kappa shape index (κ3) is 2.81. The van der Waals surface area contributed by atoms with E-state index in [9.17, 15) is 27.9 Å². The molecular weight excluding hydrogens is 275 g/mol. The molecule has 0 radical (unpaired) electrons. The van der Waals surface area contributed by atoms with Gasteiger partial charge in [-0.05, 0) is 18.3 Å². The Morgan fingerprint density at radius 1 is 1.25 bits per heavy atom. The second-order valence-corrected chi connectivity index (χ2v) is 5.46. The van der Waals surface area contributed by atoms with Gasteiger partial charge in [-0.1, -0.05) is 12.2 Å². The number of aliphatic carboxylic acids is 1. The fourth-order valence-electron chi connectivity index (χ4n) is 3.15. The van der Waals surface area contributed by atoms with E-state index in [1.165, 1.54) is 7.05 Å². The lowest BCUT2D eigenvalue weighted by Crippen LogP contribution is -2.42. The van der Waals surface area contributed by atoms with Crippen molar-refractivity contribution in [1.29, 1.82) is 0 Å². The van der Waals surface area contributed by atoms with Gasteiger partial charge in [0.25, 0.3) is 0 Å². The zero-order chi connectivity index (χ0) is 15.1. The summed E-state index contributed by atoms with van der Waals surface area (Å²) < 4.78 is 36.5. The van der Waals surface area contributed by atoms with Gasteiger partial charge in [0.1, 0.15) is 0 Å². The predicted molar refractivity (Wildman–Crippen MR) is 63.7 cm³/mol. The Morgan fingerprint density at radius 3 is 2.30 bits per heavy atom. The summed E-state index contributed by atoms with van der Waals surface area (Å²) in [6.07, 6.45) is -1.20. The molecule has 1 fully saturated rings. The number of carboxylic acid groups (broad SMARTS) is 1. The van der Waals surface area contributed by atoms with E-state index in [2.05, 4.69) is 0 Å². The van der Waals surface area contributed by atoms with Gasteiger partial charge in [0.15, 0.2) is 0 Å². The van der Waals surface area contributed by atoms with Gasteiger partial charge in [0, 0.05) is 13.6 Å². The molecule has 0 spiro atoms. The van der Waals surface area contributed by atoms with Crippen LogP contribution in [0.1, 0.15) is 12.8 Å². The lowest BCUT2D eigenvalue weighted by molar-refractivity contribution is -0.154. The number of alkyl halides is 3. The topological polar surface area (TPSA) is 57.6 Å². The van der Waals surface area contributed by atoms with Gasteiger partial charge in [-0.15, -0.1) is 0 Å². The van der Waals surface area contributed by atoms with Gasteiger partial charge in [0.2, 0.25) is 5.91 Å². The van der Waals surface area contributed by atoms with Crippen molar-refractivity contribution in [2.24, 2.45) is 23.7 Å². The number of fused-ring (bicyclic) bond motifs is 2.